The zero-order chi connectivity index (χ0) is 15.9. The van der Waals surface area contributed by atoms with Crippen LogP contribution in [0.15, 0.2) is 36.4 Å². The Morgan fingerprint density at radius 2 is 1.74 bits per heavy atom. The van der Waals surface area contributed by atoms with Crippen molar-refractivity contribution in [1.82, 2.24) is 5.32 Å². The van der Waals surface area contributed by atoms with E-state index in [1.807, 2.05) is 26.0 Å². The summed E-state index contributed by atoms with van der Waals surface area (Å²) < 4.78 is 0. The molecule has 0 unspecified atom stereocenters. The molecule has 0 saturated heterocycles. The highest BCUT2D eigenvalue weighted by molar-refractivity contribution is 5.97. The largest absolute Gasteiger partial charge is 1.00 e. The number of hydrogen-bond acceptors (Lipinski definition) is 1. The van der Waals surface area contributed by atoms with E-state index in [1.165, 1.54) is 16.7 Å². The second-order valence-corrected chi connectivity index (χ2v) is 6.39. The van der Waals surface area contributed by atoms with Crippen LogP contribution in [-0.4, -0.2) is 11.9 Å². The highest BCUT2D eigenvalue weighted by Gasteiger charge is 2.34. The first-order valence-electron chi connectivity index (χ1n) is 7.77. The van der Waals surface area contributed by atoms with Crippen molar-refractivity contribution in [2.45, 2.75) is 39.3 Å². The minimum Gasteiger partial charge on any atom is -1.00 e. The number of carbonyl (C=O) groups is 1. The Morgan fingerprint density at radius 3 is 2.39 bits per heavy atom. The Bertz CT molecular complexity index is 719. The molecule has 2 atom stereocenters. The van der Waals surface area contributed by atoms with Crippen LogP contribution >= 0.6 is 0 Å². The highest BCUT2D eigenvalue weighted by atomic mass is 35.5. The lowest BCUT2D eigenvalue weighted by atomic mass is 9.98. The van der Waals surface area contributed by atoms with Gasteiger partial charge in [-0.25, -0.2) is 0 Å². The summed E-state index contributed by atoms with van der Waals surface area (Å²) in [5, 5.41) is 3.20. The molecular formula is C19H23ClN2O. The second kappa shape index (κ2) is 6.73. The van der Waals surface area contributed by atoms with Crippen molar-refractivity contribution in [1.29, 1.82) is 0 Å². The maximum absolute atomic E-state index is 12.8. The van der Waals surface area contributed by atoms with Crippen LogP contribution in [0.25, 0.3) is 0 Å². The number of carbonyl (C=O) groups excluding carboxylic acids is 1. The smallest absolute Gasteiger partial charge is 0.252 e. The number of halogens is 1. The van der Waals surface area contributed by atoms with Gasteiger partial charge in [-0.1, -0.05) is 42.0 Å². The fraction of sp³-hybridized carbons (Fsp3) is 0.316. The van der Waals surface area contributed by atoms with Crippen molar-refractivity contribution in [2.24, 2.45) is 0 Å². The van der Waals surface area contributed by atoms with Crippen LogP contribution in [0.4, 0.5) is 0 Å². The van der Waals surface area contributed by atoms with Crippen molar-refractivity contribution in [2.75, 3.05) is 0 Å². The maximum atomic E-state index is 12.8. The SMILES string of the molecule is Cc1cc(C)c(C(=O)N[C@@H]2c3ccccc3C[C@H]2[NH3+])c(C)c1.[Cl-]. The van der Waals surface area contributed by atoms with Crippen molar-refractivity contribution < 1.29 is 22.9 Å². The summed E-state index contributed by atoms with van der Waals surface area (Å²) in [6.45, 7) is 6.05. The van der Waals surface area contributed by atoms with Crippen molar-refractivity contribution in [3.05, 3.63) is 69.8 Å². The molecule has 0 fully saturated rings. The van der Waals surface area contributed by atoms with Crippen LogP contribution in [0.5, 0.6) is 0 Å². The van der Waals surface area contributed by atoms with Crippen LogP contribution in [0.1, 0.15) is 44.2 Å². The summed E-state index contributed by atoms with van der Waals surface area (Å²) in [4.78, 5) is 12.8. The van der Waals surface area contributed by atoms with Gasteiger partial charge < -0.3 is 23.5 Å². The van der Waals surface area contributed by atoms with Gasteiger partial charge in [0.2, 0.25) is 0 Å². The van der Waals surface area contributed by atoms with Crippen LogP contribution in [0, 0.1) is 20.8 Å². The van der Waals surface area contributed by atoms with E-state index in [2.05, 4.69) is 42.2 Å². The van der Waals surface area contributed by atoms with Crippen LogP contribution in [-0.2, 0) is 6.42 Å². The molecule has 4 heteroatoms. The average Bonchev–Trinajstić information content (AvgIpc) is 2.74. The molecule has 0 saturated carbocycles. The standard InChI is InChI=1S/C19H22N2O.ClH/c1-11-8-12(2)17(13(3)9-11)19(22)21-18-15-7-5-4-6-14(15)10-16(18)20;/h4-9,16,18H,10,20H2,1-3H3,(H,21,22);1H/t16-,18-;/m1./s1. The fourth-order valence-electron chi connectivity index (χ4n) is 3.62. The topological polar surface area (TPSA) is 56.7 Å². The number of amides is 1. The van der Waals surface area contributed by atoms with Gasteiger partial charge in [0.05, 0.1) is 0 Å². The Hall–Kier alpha value is -1.84. The lowest BCUT2D eigenvalue weighted by Gasteiger charge is -2.18. The lowest BCUT2D eigenvalue weighted by Crippen LogP contribution is -3.00. The number of fused-ring (bicyclic) bond motifs is 1. The molecule has 4 N–H and O–H groups in total. The fourth-order valence-corrected chi connectivity index (χ4v) is 3.62. The first kappa shape index (κ1) is 17.5. The molecule has 2 aromatic rings. The van der Waals surface area contributed by atoms with Gasteiger partial charge in [-0.05, 0) is 43.0 Å². The van der Waals surface area contributed by atoms with Gasteiger partial charge in [0.1, 0.15) is 12.1 Å². The van der Waals surface area contributed by atoms with Crippen molar-refractivity contribution in [3.63, 3.8) is 0 Å². The van der Waals surface area contributed by atoms with Crippen molar-refractivity contribution in [3.8, 4) is 0 Å². The molecule has 2 aromatic carbocycles. The van der Waals surface area contributed by atoms with Gasteiger partial charge >= 0.3 is 0 Å². The van der Waals surface area contributed by atoms with Gasteiger partial charge in [-0.15, -0.1) is 0 Å². The predicted molar refractivity (Wildman–Crippen MR) is 87.7 cm³/mol. The molecule has 0 aromatic heterocycles. The Labute approximate surface area is 143 Å². The van der Waals surface area contributed by atoms with Gasteiger partial charge in [-0.2, -0.15) is 0 Å². The molecule has 23 heavy (non-hydrogen) atoms. The van der Waals surface area contributed by atoms with Gasteiger partial charge in [-0.3, -0.25) is 4.79 Å². The van der Waals surface area contributed by atoms with E-state index in [0.717, 1.165) is 23.1 Å². The molecule has 3 rings (SSSR count). The van der Waals surface area contributed by atoms with E-state index in [1.54, 1.807) is 0 Å². The third kappa shape index (κ3) is 3.26. The Kier molecular flexibility index (Phi) is 5.12. The molecule has 0 radical (unpaired) electrons. The molecule has 122 valence electrons. The summed E-state index contributed by atoms with van der Waals surface area (Å²) in [5.74, 6) is 0.00496. The Balaban J connectivity index is 0.00000192. The third-order valence-corrected chi connectivity index (χ3v) is 4.53. The normalized spacial score (nSPS) is 19.0. The van der Waals surface area contributed by atoms with E-state index in [-0.39, 0.29) is 30.4 Å². The zero-order valence-corrected chi connectivity index (χ0v) is 14.6. The van der Waals surface area contributed by atoms with Gasteiger partial charge in [0.15, 0.2) is 0 Å². The zero-order valence-electron chi connectivity index (χ0n) is 13.8. The Morgan fingerprint density at radius 1 is 1.13 bits per heavy atom. The lowest BCUT2D eigenvalue weighted by molar-refractivity contribution is -0.423. The molecule has 1 aliphatic rings. The average molecular weight is 331 g/mol. The summed E-state index contributed by atoms with van der Waals surface area (Å²) in [5.41, 5.74) is 10.8. The van der Waals surface area contributed by atoms with Crippen molar-refractivity contribution >= 4 is 5.91 Å². The number of quaternary nitrogens is 1. The number of hydrogen-bond donors (Lipinski definition) is 2. The van der Waals surface area contributed by atoms with E-state index < -0.39 is 0 Å². The summed E-state index contributed by atoms with van der Waals surface area (Å²) in [6, 6.07) is 12.6. The summed E-state index contributed by atoms with van der Waals surface area (Å²) >= 11 is 0. The van der Waals surface area contributed by atoms with Gasteiger partial charge in [0, 0.05) is 12.0 Å². The van der Waals surface area contributed by atoms with E-state index >= 15 is 0 Å². The number of benzene rings is 2. The molecule has 0 heterocycles. The monoisotopic (exact) mass is 330 g/mol. The number of nitrogens with one attached hydrogen (secondary N) is 1. The predicted octanol–water partition coefficient (Wildman–Crippen LogP) is -0.746. The second-order valence-electron chi connectivity index (χ2n) is 6.39. The van der Waals surface area contributed by atoms with Crippen LogP contribution < -0.4 is 23.5 Å². The van der Waals surface area contributed by atoms with E-state index in [4.69, 9.17) is 0 Å². The number of rotatable bonds is 2. The number of aryl methyl sites for hydroxylation is 3. The molecular weight excluding hydrogens is 308 g/mol. The maximum Gasteiger partial charge on any atom is 0.252 e. The quantitative estimate of drug-likeness (QED) is 0.748. The molecule has 0 aliphatic heterocycles. The first-order valence-corrected chi connectivity index (χ1v) is 7.77. The summed E-state index contributed by atoms with van der Waals surface area (Å²) in [7, 11) is 0. The summed E-state index contributed by atoms with van der Waals surface area (Å²) in [6.07, 6.45) is 0.924. The first-order chi connectivity index (χ1) is 10.5. The third-order valence-electron chi connectivity index (χ3n) is 4.53. The minimum atomic E-state index is 0. The molecule has 3 nitrogen and oxygen atoms in total. The van der Waals surface area contributed by atoms with E-state index in [9.17, 15) is 4.79 Å². The van der Waals surface area contributed by atoms with Crippen LogP contribution in [0.2, 0.25) is 0 Å². The molecule has 1 amide bonds. The molecule has 0 bridgehead atoms. The molecule has 0 spiro atoms. The van der Waals surface area contributed by atoms with E-state index in [0.29, 0.717) is 0 Å². The van der Waals surface area contributed by atoms with Gasteiger partial charge in [0.25, 0.3) is 5.91 Å². The molecule has 1 aliphatic carbocycles. The van der Waals surface area contributed by atoms with Crippen LogP contribution in [0.3, 0.4) is 0 Å². The minimum absolute atomic E-state index is 0. The highest BCUT2D eigenvalue weighted by Crippen LogP contribution is 2.30.